The summed E-state index contributed by atoms with van der Waals surface area (Å²) in [5.41, 5.74) is 3.21. The van der Waals surface area contributed by atoms with Crippen LogP contribution in [0.4, 0.5) is 0 Å². The van der Waals surface area contributed by atoms with E-state index in [-0.39, 0.29) is 6.54 Å². The van der Waals surface area contributed by atoms with Gasteiger partial charge in [0.05, 0.1) is 12.1 Å². The molecule has 140 valence electrons. The average Bonchev–Trinajstić information content (AvgIpc) is 3.00. The van der Waals surface area contributed by atoms with Gasteiger partial charge in [0.15, 0.2) is 0 Å². The van der Waals surface area contributed by atoms with E-state index in [0.29, 0.717) is 23.8 Å². The molecule has 3 aromatic rings. The first-order chi connectivity index (χ1) is 13.0. The lowest BCUT2D eigenvalue weighted by Gasteiger charge is -2.09. The van der Waals surface area contributed by atoms with Gasteiger partial charge in [-0.3, -0.25) is 9.59 Å². The van der Waals surface area contributed by atoms with Crippen molar-refractivity contribution in [2.24, 2.45) is 0 Å². The number of carbonyl (C=O) groups is 2. The molecule has 0 aliphatic carbocycles. The van der Waals surface area contributed by atoms with Gasteiger partial charge < -0.3 is 15.0 Å². The lowest BCUT2D eigenvalue weighted by Crippen LogP contribution is -2.34. The largest absolute Gasteiger partial charge is 0.492 e. The number of rotatable bonds is 7. The average molecular weight is 364 g/mol. The van der Waals surface area contributed by atoms with Crippen molar-refractivity contribution in [2.75, 3.05) is 13.2 Å². The van der Waals surface area contributed by atoms with Crippen LogP contribution in [-0.4, -0.2) is 29.8 Å². The Morgan fingerprint density at radius 1 is 1.07 bits per heavy atom. The molecule has 1 heterocycles. The van der Waals surface area contributed by atoms with Crippen LogP contribution in [0.1, 0.15) is 41.4 Å². The van der Waals surface area contributed by atoms with Gasteiger partial charge in [-0.15, -0.1) is 0 Å². The summed E-state index contributed by atoms with van der Waals surface area (Å²) in [4.78, 5) is 27.9. The number of aromatic nitrogens is 1. The molecule has 0 saturated heterocycles. The fourth-order valence-electron chi connectivity index (χ4n) is 3.05. The van der Waals surface area contributed by atoms with Crippen LogP contribution in [0.25, 0.3) is 10.9 Å². The van der Waals surface area contributed by atoms with Crippen molar-refractivity contribution in [3.63, 3.8) is 0 Å². The minimum absolute atomic E-state index is 0.262. The number of benzene rings is 2. The summed E-state index contributed by atoms with van der Waals surface area (Å²) in [6, 6.07) is 15.3. The Kier molecular flexibility index (Phi) is 5.60. The molecule has 0 radical (unpaired) electrons. The second kappa shape index (κ2) is 8.08. The number of hydrogen-bond donors (Lipinski definition) is 2. The molecule has 0 bridgehead atoms. The zero-order valence-electron chi connectivity index (χ0n) is 15.8. The minimum Gasteiger partial charge on any atom is -0.492 e. The Bertz CT molecular complexity index is 955. The van der Waals surface area contributed by atoms with Crippen LogP contribution < -0.4 is 10.1 Å². The summed E-state index contributed by atoms with van der Waals surface area (Å²) < 4.78 is 5.62. The molecule has 2 aromatic carbocycles. The molecule has 0 atom stereocenters. The predicted octanol–water partition coefficient (Wildman–Crippen LogP) is 3.98. The van der Waals surface area contributed by atoms with Crippen LogP contribution >= 0.6 is 0 Å². The third-order valence-electron chi connectivity index (χ3n) is 4.53. The number of H-pyrrole nitrogens is 1. The smallest absolute Gasteiger partial charge is 0.292 e. The van der Waals surface area contributed by atoms with Gasteiger partial charge in [0.25, 0.3) is 11.7 Å². The molecule has 0 unspecified atom stereocenters. The Balaban J connectivity index is 1.54. The second-order valence-corrected chi connectivity index (χ2v) is 6.83. The summed E-state index contributed by atoms with van der Waals surface area (Å²) in [6.45, 7) is 6.63. The monoisotopic (exact) mass is 364 g/mol. The molecule has 5 nitrogen and oxygen atoms in total. The lowest BCUT2D eigenvalue weighted by molar-refractivity contribution is -0.117. The number of para-hydroxylation sites is 1. The maximum absolute atomic E-state index is 12.5. The van der Waals surface area contributed by atoms with E-state index in [2.05, 4.69) is 24.1 Å². The maximum Gasteiger partial charge on any atom is 0.292 e. The highest BCUT2D eigenvalue weighted by Crippen LogP contribution is 2.22. The normalized spacial score (nSPS) is 11.0. The maximum atomic E-state index is 12.5. The Labute approximate surface area is 158 Å². The zero-order valence-corrected chi connectivity index (χ0v) is 15.8. The van der Waals surface area contributed by atoms with Crippen LogP contribution in [-0.2, 0) is 4.79 Å². The van der Waals surface area contributed by atoms with Crippen LogP contribution in [0, 0.1) is 6.92 Å². The molecular formula is C22H24N2O3. The van der Waals surface area contributed by atoms with Gasteiger partial charge in [0.1, 0.15) is 12.4 Å². The summed E-state index contributed by atoms with van der Waals surface area (Å²) in [7, 11) is 0. The molecule has 5 heteroatoms. The van der Waals surface area contributed by atoms with Crippen LogP contribution in [0.5, 0.6) is 5.75 Å². The highest BCUT2D eigenvalue weighted by Gasteiger charge is 2.22. The summed E-state index contributed by atoms with van der Waals surface area (Å²) in [6.07, 6.45) is 0. The number of amides is 1. The standard InChI is InChI=1S/C22H24N2O3/c1-14(2)16-8-10-17(11-9-16)27-13-12-23-22(26)21(25)20-15(3)24-19-7-5-4-6-18(19)20/h4-11,14,24H,12-13H2,1-3H3,(H,23,26). The van der Waals surface area contributed by atoms with Crippen molar-refractivity contribution in [1.82, 2.24) is 10.3 Å². The number of aryl methyl sites for hydroxylation is 1. The number of ketones is 1. The van der Waals surface area contributed by atoms with E-state index in [9.17, 15) is 9.59 Å². The van der Waals surface area contributed by atoms with Gasteiger partial charge in [-0.05, 0) is 36.6 Å². The van der Waals surface area contributed by atoms with Gasteiger partial charge in [-0.2, -0.15) is 0 Å². The van der Waals surface area contributed by atoms with Crippen molar-refractivity contribution >= 4 is 22.6 Å². The van der Waals surface area contributed by atoms with Gasteiger partial charge >= 0.3 is 0 Å². The fourth-order valence-corrected chi connectivity index (χ4v) is 3.05. The number of ether oxygens (including phenoxy) is 1. The van der Waals surface area contributed by atoms with Crippen molar-refractivity contribution in [1.29, 1.82) is 0 Å². The predicted molar refractivity (Wildman–Crippen MR) is 106 cm³/mol. The zero-order chi connectivity index (χ0) is 19.4. The van der Waals surface area contributed by atoms with Crippen molar-refractivity contribution < 1.29 is 14.3 Å². The molecule has 1 aromatic heterocycles. The van der Waals surface area contributed by atoms with Gasteiger partial charge in [-0.25, -0.2) is 0 Å². The highest BCUT2D eigenvalue weighted by molar-refractivity contribution is 6.45. The van der Waals surface area contributed by atoms with E-state index in [1.807, 2.05) is 48.5 Å². The summed E-state index contributed by atoms with van der Waals surface area (Å²) in [5.74, 6) is 0.0533. The molecule has 27 heavy (non-hydrogen) atoms. The van der Waals surface area contributed by atoms with E-state index in [1.54, 1.807) is 6.92 Å². The van der Waals surface area contributed by atoms with E-state index >= 15 is 0 Å². The second-order valence-electron chi connectivity index (χ2n) is 6.83. The first-order valence-electron chi connectivity index (χ1n) is 9.10. The fraction of sp³-hybridized carbons (Fsp3) is 0.273. The number of nitrogens with one attached hydrogen (secondary N) is 2. The Morgan fingerprint density at radius 3 is 2.48 bits per heavy atom. The molecule has 1 amide bonds. The first kappa shape index (κ1) is 18.7. The molecule has 2 N–H and O–H groups in total. The van der Waals surface area contributed by atoms with Crippen LogP contribution in [0.3, 0.4) is 0 Å². The van der Waals surface area contributed by atoms with Crippen LogP contribution in [0.15, 0.2) is 48.5 Å². The molecule has 0 aliphatic rings. The molecule has 0 aliphatic heterocycles. The third kappa shape index (κ3) is 4.19. The van der Waals surface area contributed by atoms with E-state index in [4.69, 9.17) is 4.74 Å². The summed E-state index contributed by atoms with van der Waals surface area (Å²) in [5, 5.41) is 3.40. The van der Waals surface area contributed by atoms with Crippen molar-refractivity contribution in [2.45, 2.75) is 26.7 Å². The number of aromatic amines is 1. The van der Waals surface area contributed by atoms with Gasteiger partial charge in [0.2, 0.25) is 0 Å². The number of carbonyl (C=O) groups excluding carboxylic acids is 2. The molecule has 3 rings (SSSR count). The molecule has 0 fully saturated rings. The molecule has 0 spiro atoms. The van der Waals surface area contributed by atoms with Gasteiger partial charge in [0, 0.05) is 16.6 Å². The van der Waals surface area contributed by atoms with Crippen molar-refractivity contribution in [3.8, 4) is 5.75 Å². The van der Waals surface area contributed by atoms with Gasteiger partial charge in [-0.1, -0.05) is 44.2 Å². The SMILES string of the molecule is Cc1[nH]c2ccccc2c1C(=O)C(=O)NCCOc1ccc(C(C)C)cc1. The lowest BCUT2D eigenvalue weighted by atomic mass is 10.0. The Hall–Kier alpha value is -3.08. The first-order valence-corrected chi connectivity index (χ1v) is 9.10. The third-order valence-corrected chi connectivity index (χ3v) is 4.53. The van der Waals surface area contributed by atoms with E-state index in [1.165, 1.54) is 5.56 Å². The summed E-state index contributed by atoms with van der Waals surface area (Å²) >= 11 is 0. The Morgan fingerprint density at radius 2 is 1.78 bits per heavy atom. The quantitative estimate of drug-likeness (QED) is 0.378. The van der Waals surface area contributed by atoms with Crippen molar-refractivity contribution in [3.05, 3.63) is 65.4 Å². The number of hydrogen-bond acceptors (Lipinski definition) is 3. The van der Waals surface area contributed by atoms with E-state index in [0.717, 1.165) is 16.7 Å². The highest BCUT2D eigenvalue weighted by atomic mass is 16.5. The van der Waals surface area contributed by atoms with E-state index < -0.39 is 11.7 Å². The number of fused-ring (bicyclic) bond motifs is 1. The topological polar surface area (TPSA) is 71.2 Å². The number of Topliss-reactive ketones (excluding diaryl/α,β-unsaturated/α-hetero) is 1. The minimum atomic E-state index is -0.624. The van der Waals surface area contributed by atoms with Crippen LogP contribution in [0.2, 0.25) is 0 Å². The molecule has 0 saturated carbocycles. The molecular weight excluding hydrogens is 340 g/mol.